The number of rotatable bonds is 5. The molecule has 0 aromatic heterocycles. The highest BCUT2D eigenvalue weighted by molar-refractivity contribution is 5.72. The standard InChI is InChI=1S/C23H31N3O2/c1-23(2,3)28-22(27)17-25-12-14-26(15-13-25)21-10-8-20(9-11-21)19-6-4-18(16-24)5-7-19/h4-11H,12-17,24H2,1-3H3. The Balaban J connectivity index is 1.53. The average molecular weight is 382 g/mol. The van der Waals surface area contributed by atoms with Crippen molar-refractivity contribution in [3.05, 3.63) is 54.1 Å². The Morgan fingerprint density at radius 2 is 1.46 bits per heavy atom. The van der Waals surface area contributed by atoms with E-state index in [0.717, 1.165) is 31.7 Å². The second-order valence-corrected chi connectivity index (χ2v) is 8.30. The lowest BCUT2D eigenvalue weighted by atomic mass is 10.0. The minimum Gasteiger partial charge on any atom is -0.459 e. The molecule has 28 heavy (non-hydrogen) atoms. The predicted molar refractivity (Wildman–Crippen MR) is 114 cm³/mol. The lowest BCUT2D eigenvalue weighted by Crippen LogP contribution is -2.48. The van der Waals surface area contributed by atoms with E-state index in [-0.39, 0.29) is 5.97 Å². The molecule has 0 unspecified atom stereocenters. The molecule has 0 spiro atoms. The number of hydrogen-bond donors (Lipinski definition) is 1. The minimum absolute atomic E-state index is 0.147. The van der Waals surface area contributed by atoms with Crippen LogP contribution in [0.15, 0.2) is 48.5 Å². The number of anilines is 1. The van der Waals surface area contributed by atoms with Crippen LogP contribution in [0.2, 0.25) is 0 Å². The van der Waals surface area contributed by atoms with Crippen LogP contribution in [-0.4, -0.2) is 49.2 Å². The van der Waals surface area contributed by atoms with Crippen molar-refractivity contribution in [1.82, 2.24) is 4.90 Å². The van der Waals surface area contributed by atoms with Gasteiger partial charge in [0.05, 0.1) is 6.54 Å². The van der Waals surface area contributed by atoms with Crippen molar-refractivity contribution in [3.63, 3.8) is 0 Å². The van der Waals surface area contributed by atoms with Crippen LogP contribution < -0.4 is 10.6 Å². The van der Waals surface area contributed by atoms with E-state index in [9.17, 15) is 4.79 Å². The van der Waals surface area contributed by atoms with Crippen LogP contribution in [0.1, 0.15) is 26.3 Å². The van der Waals surface area contributed by atoms with Gasteiger partial charge in [0, 0.05) is 38.4 Å². The molecule has 0 atom stereocenters. The molecule has 5 nitrogen and oxygen atoms in total. The van der Waals surface area contributed by atoms with Gasteiger partial charge < -0.3 is 15.4 Å². The van der Waals surface area contributed by atoms with Crippen molar-refractivity contribution >= 4 is 11.7 Å². The van der Waals surface area contributed by atoms with Gasteiger partial charge in [-0.2, -0.15) is 0 Å². The van der Waals surface area contributed by atoms with E-state index in [2.05, 4.69) is 58.3 Å². The second-order valence-electron chi connectivity index (χ2n) is 8.30. The zero-order chi connectivity index (χ0) is 20.1. The van der Waals surface area contributed by atoms with Crippen LogP contribution in [0.3, 0.4) is 0 Å². The van der Waals surface area contributed by atoms with E-state index >= 15 is 0 Å². The van der Waals surface area contributed by atoms with Crippen LogP contribution in [0.25, 0.3) is 11.1 Å². The number of nitrogens with zero attached hydrogens (tertiary/aromatic N) is 2. The van der Waals surface area contributed by atoms with E-state index in [0.29, 0.717) is 13.1 Å². The number of ether oxygens (including phenoxy) is 1. The summed E-state index contributed by atoms with van der Waals surface area (Å²) < 4.78 is 5.42. The van der Waals surface area contributed by atoms with Crippen molar-refractivity contribution in [2.45, 2.75) is 32.9 Å². The summed E-state index contributed by atoms with van der Waals surface area (Å²) in [6.07, 6.45) is 0. The first-order chi connectivity index (χ1) is 13.3. The van der Waals surface area contributed by atoms with Gasteiger partial charge in [0.15, 0.2) is 0 Å². The Bertz CT molecular complexity index is 771. The summed E-state index contributed by atoms with van der Waals surface area (Å²) in [4.78, 5) is 16.5. The van der Waals surface area contributed by atoms with Gasteiger partial charge in [0.25, 0.3) is 0 Å². The van der Waals surface area contributed by atoms with E-state index < -0.39 is 5.60 Å². The molecule has 1 aliphatic rings. The molecule has 1 heterocycles. The van der Waals surface area contributed by atoms with Gasteiger partial charge in [0.1, 0.15) is 5.60 Å². The SMILES string of the molecule is CC(C)(C)OC(=O)CN1CCN(c2ccc(-c3ccc(CN)cc3)cc2)CC1. The summed E-state index contributed by atoms with van der Waals surface area (Å²) in [6.45, 7) is 10.2. The monoisotopic (exact) mass is 381 g/mol. The maximum absolute atomic E-state index is 12.0. The van der Waals surface area contributed by atoms with E-state index in [1.54, 1.807) is 0 Å². The zero-order valence-corrected chi connectivity index (χ0v) is 17.1. The number of carbonyl (C=O) groups is 1. The lowest BCUT2D eigenvalue weighted by molar-refractivity contribution is -0.156. The minimum atomic E-state index is -0.425. The normalized spacial score (nSPS) is 15.5. The number of carbonyl (C=O) groups excluding carboxylic acids is 1. The number of esters is 1. The third-order valence-electron chi connectivity index (χ3n) is 4.90. The van der Waals surface area contributed by atoms with Crippen LogP contribution in [0.5, 0.6) is 0 Å². The Labute approximate surface area is 168 Å². The molecule has 1 aliphatic heterocycles. The molecular weight excluding hydrogens is 350 g/mol. The number of benzene rings is 2. The topological polar surface area (TPSA) is 58.8 Å². The van der Waals surface area contributed by atoms with Crippen molar-refractivity contribution in [1.29, 1.82) is 0 Å². The summed E-state index contributed by atoms with van der Waals surface area (Å²) in [5, 5.41) is 0. The summed E-state index contributed by atoms with van der Waals surface area (Å²) in [7, 11) is 0. The summed E-state index contributed by atoms with van der Waals surface area (Å²) in [5.41, 5.74) is 10.0. The van der Waals surface area contributed by atoms with Crippen molar-refractivity contribution in [3.8, 4) is 11.1 Å². The highest BCUT2D eigenvalue weighted by Gasteiger charge is 2.22. The molecule has 2 aromatic carbocycles. The molecule has 2 N–H and O–H groups in total. The van der Waals surface area contributed by atoms with Crippen LogP contribution in [0, 0.1) is 0 Å². The quantitative estimate of drug-likeness (QED) is 0.806. The fraction of sp³-hybridized carbons (Fsp3) is 0.435. The molecule has 2 aromatic rings. The molecule has 1 saturated heterocycles. The third kappa shape index (κ3) is 5.57. The first kappa shape index (κ1) is 20.4. The fourth-order valence-corrected chi connectivity index (χ4v) is 3.42. The first-order valence-electron chi connectivity index (χ1n) is 9.93. The maximum Gasteiger partial charge on any atom is 0.320 e. The second kappa shape index (κ2) is 8.76. The van der Waals surface area contributed by atoms with Crippen LogP contribution >= 0.6 is 0 Å². The third-order valence-corrected chi connectivity index (χ3v) is 4.90. The van der Waals surface area contributed by atoms with Gasteiger partial charge >= 0.3 is 5.97 Å². The zero-order valence-electron chi connectivity index (χ0n) is 17.1. The van der Waals surface area contributed by atoms with Crippen molar-refractivity contribution in [2.75, 3.05) is 37.6 Å². The summed E-state index contributed by atoms with van der Waals surface area (Å²) in [6, 6.07) is 17.1. The molecule has 0 bridgehead atoms. The van der Waals surface area contributed by atoms with Crippen molar-refractivity contribution in [2.24, 2.45) is 5.73 Å². The average Bonchev–Trinajstić information content (AvgIpc) is 2.67. The van der Waals surface area contributed by atoms with Crippen LogP contribution in [-0.2, 0) is 16.1 Å². The summed E-state index contributed by atoms with van der Waals surface area (Å²) in [5.74, 6) is -0.147. The molecule has 150 valence electrons. The van der Waals surface area contributed by atoms with Gasteiger partial charge in [-0.1, -0.05) is 36.4 Å². The van der Waals surface area contributed by atoms with Crippen molar-refractivity contribution < 1.29 is 9.53 Å². The number of piperazine rings is 1. The highest BCUT2D eigenvalue weighted by atomic mass is 16.6. The largest absolute Gasteiger partial charge is 0.459 e. The van der Waals surface area contributed by atoms with Gasteiger partial charge in [-0.05, 0) is 49.6 Å². The Morgan fingerprint density at radius 1 is 0.929 bits per heavy atom. The molecular formula is C23H31N3O2. The number of hydrogen-bond acceptors (Lipinski definition) is 5. The molecule has 1 fully saturated rings. The van der Waals surface area contributed by atoms with Gasteiger partial charge in [0.2, 0.25) is 0 Å². The molecule has 0 amide bonds. The lowest BCUT2D eigenvalue weighted by Gasteiger charge is -2.36. The molecule has 5 heteroatoms. The Hall–Kier alpha value is -2.37. The first-order valence-corrected chi connectivity index (χ1v) is 9.93. The number of nitrogens with two attached hydrogens (primary N) is 1. The molecule has 0 aliphatic carbocycles. The van der Waals surface area contributed by atoms with Gasteiger partial charge in [-0.25, -0.2) is 0 Å². The smallest absolute Gasteiger partial charge is 0.320 e. The Kier molecular flexibility index (Phi) is 6.37. The van der Waals surface area contributed by atoms with Gasteiger partial charge in [-0.3, -0.25) is 9.69 Å². The fourth-order valence-electron chi connectivity index (χ4n) is 3.42. The molecule has 3 rings (SSSR count). The van der Waals surface area contributed by atoms with Crippen LogP contribution in [0.4, 0.5) is 5.69 Å². The maximum atomic E-state index is 12.0. The van der Waals surface area contributed by atoms with Gasteiger partial charge in [-0.15, -0.1) is 0 Å². The van der Waals surface area contributed by atoms with E-state index in [1.807, 2.05) is 20.8 Å². The van der Waals surface area contributed by atoms with E-state index in [4.69, 9.17) is 10.5 Å². The highest BCUT2D eigenvalue weighted by Crippen LogP contribution is 2.24. The molecule has 0 saturated carbocycles. The molecule has 0 radical (unpaired) electrons. The predicted octanol–water partition coefficient (Wildman–Crippen LogP) is 3.28. The van der Waals surface area contributed by atoms with E-state index in [1.165, 1.54) is 16.8 Å². The summed E-state index contributed by atoms with van der Waals surface area (Å²) >= 11 is 0. The Morgan fingerprint density at radius 3 is 1.96 bits per heavy atom.